The first-order valence-corrected chi connectivity index (χ1v) is 6.52. The van der Waals surface area contributed by atoms with E-state index in [1.807, 2.05) is 0 Å². The largest absolute Gasteiger partial charge is 0.285 e. The molecule has 0 saturated carbocycles. The summed E-state index contributed by atoms with van der Waals surface area (Å²) in [6.45, 7) is -0.151. The van der Waals surface area contributed by atoms with E-state index in [2.05, 4.69) is 11.8 Å². The summed E-state index contributed by atoms with van der Waals surface area (Å²) in [5, 5.41) is 0.699. The third-order valence-electron chi connectivity index (χ3n) is 3.08. The lowest BCUT2D eigenvalue weighted by molar-refractivity contribution is -0.0782. The zero-order valence-corrected chi connectivity index (χ0v) is 11.4. The molecule has 22 heavy (non-hydrogen) atoms. The third kappa shape index (κ3) is 2.60. The van der Waals surface area contributed by atoms with Gasteiger partial charge in [0.2, 0.25) is 0 Å². The third-order valence-corrected chi connectivity index (χ3v) is 3.08. The standard InChI is InChI=1S/C17H10FNO3/c18-13-7-3-5-12(11-13)6-4-10-22-19-16(20)14-8-1-2-9-15(14)17(19)21/h1-3,5,7-9,11H,10H2. The summed E-state index contributed by atoms with van der Waals surface area (Å²) in [5.41, 5.74) is 1.11. The number of fused-ring (bicyclic) bond motifs is 1. The van der Waals surface area contributed by atoms with Crippen LogP contribution in [0.3, 0.4) is 0 Å². The minimum atomic E-state index is -0.506. The Labute approximate surface area is 126 Å². The van der Waals surface area contributed by atoms with Gasteiger partial charge in [-0.2, -0.15) is 0 Å². The minimum Gasteiger partial charge on any atom is -0.266 e. The highest BCUT2D eigenvalue weighted by atomic mass is 19.1. The van der Waals surface area contributed by atoms with Crippen LogP contribution in [0.1, 0.15) is 26.3 Å². The lowest BCUT2D eigenvalue weighted by Gasteiger charge is -2.10. The molecule has 0 bridgehead atoms. The molecule has 0 saturated heterocycles. The highest BCUT2D eigenvalue weighted by Crippen LogP contribution is 2.22. The number of imide groups is 1. The molecule has 1 aliphatic heterocycles. The van der Waals surface area contributed by atoms with Crippen LogP contribution in [0.5, 0.6) is 0 Å². The fraction of sp³-hybridized carbons (Fsp3) is 0.0588. The smallest absolute Gasteiger partial charge is 0.266 e. The predicted molar refractivity (Wildman–Crippen MR) is 76.2 cm³/mol. The molecular weight excluding hydrogens is 285 g/mol. The lowest BCUT2D eigenvalue weighted by Crippen LogP contribution is -2.30. The van der Waals surface area contributed by atoms with Crippen molar-refractivity contribution in [3.63, 3.8) is 0 Å². The molecule has 0 N–H and O–H groups in total. The number of benzene rings is 2. The van der Waals surface area contributed by atoms with Gasteiger partial charge in [0.25, 0.3) is 11.8 Å². The average Bonchev–Trinajstić information content (AvgIpc) is 2.77. The van der Waals surface area contributed by atoms with Gasteiger partial charge >= 0.3 is 0 Å². The molecule has 0 fully saturated rings. The Balaban J connectivity index is 1.67. The molecule has 0 aromatic heterocycles. The number of hydrogen-bond donors (Lipinski definition) is 0. The summed E-state index contributed by atoms with van der Waals surface area (Å²) in [6, 6.07) is 12.3. The molecule has 2 amide bonds. The van der Waals surface area contributed by atoms with Crippen LogP contribution in [0.25, 0.3) is 0 Å². The second-order valence-electron chi connectivity index (χ2n) is 4.54. The quantitative estimate of drug-likeness (QED) is 0.631. The zero-order valence-electron chi connectivity index (χ0n) is 11.4. The molecule has 0 spiro atoms. The number of rotatable bonds is 2. The molecule has 2 aromatic rings. The van der Waals surface area contributed by atoms with Gasteiger partial charge in [-0.3, -0.25) is 9.59 Å². The van der Waals surface area contributed by atoms with E-state index in [0.717, 1.165) is 0 Å². The topological polar surface area (TPSA) is 46.6 Å². The maximum atomic E-state index is 13.0. The van der Waals surface area contributed by atoms with Gasteiger partial charge in [0.05, 0.1) is 11.1 Å². The molecule has 0 aliphatic carbocycles. The van der Waals surface area contributed by atoms with E-state index in [0.29, 0.717) is 21.8 Å². The Kier molecular flexibility index (Phi) is 3.69. The Morgan fingerprint density at radius 2 is 1.68 bits per heavy atom. The van der Waals surface area contributed by atoms with E-state index in [-0.39, 0.29) is 12.4 Å². The summed E-state index contributed by atoms with van der Waals surface area (Å²) in [4.78, 5) is 29.1. The number of amides is 2. The molecule has 1 aliphatic rings. The first kappa shape index (κ1) is 14.0. The van der Waals surface area contributed by atoms with Crippen molar-refractivity contribution in [1.82, 2.24) is 5.06 Å². The number of nitrogens with zero attached hydrogens (tertiary/aromatic N) is 1. The number of hydrogen-bond acceptors (Lipinski definition) is 3. The average molecular weight is 295 g/mol. The maximum Gasteiger partial charge on any atom is 0.285 e. The van der Waals surface area contributed by atoms with Crippen LogP contribution in [0.15, 0.2) is 48.5 Å². The number of carbonyl (C=O) groups is 2. The number of halogens is 1. The van der Waals surface area contributed by atoms with E-state index in [9.17, 15) is 14.0 Å². The fourth-order valence-corrected chi connectivity index (χ4v) is 2.09. The van der Waals surface area contributed by atoms with Gasteiger partial charge < -0.3 is 0 Å². The van der Waals surface area contributed by atoms with Crippen LogP contribution in [-0.4, -0.2) is 23.5 Å². The van der Waals surface area contributed by atoms with E-state index in [1.54, 1.807) is 36.4 Å². The first-order chi connectivity index (χ1) is 10.7. The van der Waals surface area contributed by atoms with Crippen LogP contribution in [0.2, 0.25) is 0 Å². The van der Waals surface area contributed by atoms with Crippen molar-refractivity contribution in [3.05, 3.63) is 71.0 Å². The number of carbonyl (C=O) groups excluding carboxylic acids is 2. The SMILES string of the molecule is O=C1c2ccccc2C(=O)N1OCC#Cc1cccc(F)c1. The summed E-state index contributed by atoms with van der Waals surface area (Å²) in [7, 11) is 0. The monoisotopic (exact) mass is 295 g/mol. The molecule has 3 rings (SSSR count). The molecule has 0 atom stereocenters. The van der Waals surface area contributed by atoms with Gasteiger partial charge in [0.15, 0.2) is 0 Å². The van der Waals surface area contributed by atoms with E-state index in [1.165, 1.54) is 12.1 Å². The zero-order chi connectivity index (χ0) is 15.5. The summed E-state index contributed by atoms with van der Waals surface area (Å²) < 4.78 is 13.0. The minimum absolute atomic E-state index is 0.151. The van der Waals surface area contributed by atoms with Gasteiger partial charge in [0, 0.05) is 5.56 Å². The second-order valence-corrected chi connectivity index (χ2v) is 4.54. The van der Waals surface area contributed by atoms with Crippen LogP contribution < -0.4 is 0 Å². The van der Waals surface area contributed by atoms with E-state index >= 15 is 0 Å². The Hall–Kier alpha value is -2.97. The molecule has 1 heterocycles. The first-order valence-electron chi connectivity index (χ1n) is 6.52. The van der Waals surface area contributed by atoms with Crippen LogP contribution in [0, 0.1) is 17.7 Å². The molecule has 108 valence electrons. The molecular formula is C17H10FNO3. The van der Waals surface area contributed by atoms with Crippen molar-refractivity contribution in [1.29, 1.82) is 0 Å². The Bertz CT molecular complexity index is 785. The van der Waals surface area contributed by atoms with Gasteiger partial charge in [-0.25, -0.2) is 9.23 Å². The highest BCUT2D eigenvalue weighted by Gasteiger charge is 2.36. The normalized spacial score (nSPS) is 12.9. The van der Waals surface area contributed by atoms with Crippen molar-refractivity contribution in [2.75, 3.05) is 6.61 Å². The van der Waals surface area contributed by atoms with Crippen LogP contribution >= 0.6 is 0 Å². The van der Waals surface area contributed by atoms with Crippen LogP contribution in [0.4, 0.5) is 4.39 Å². The van der Waals surface area contributed by atoms with Gasteiger partial charge in [-0.15, -0.1) is 5.06 Å². The second kappa shape index (κ2) is 5.80. The highest BCUT2D eigenvalue weighted by molar-refractivity contribution is 6.20. The van der Waals surface area contributed by atoms with Crippen molar-refractivity contribution in [2.45, 2.75) is 0 Å². The predicted octanol–water partition coefficient (Wildman–Crippen LogP) is 2.41. The van der Waals surface area contributed by atoms with Gasteiger partial charge in [0.1, 0.15) is 12.4 Å². The van der Waals surface area contributed by atoms with Crippen molar-refractivity contribution in [2.24, 2.45) is 0 Å². The summed E-state index contributed by atoms with van der Waals surface area (Å²) >= 11 is 0. The van der Waals surface area contributed by atoms with Gasteiger partial charge in [-0.05, 0) is 30.3 Å². The summed E-state index contributed by atoms with van der Waals surface area (Å²) in [6.07, 6.45) is 0. The molecule has 5 heteroatoms. The van der Waals surface area contributed by atoms with Crippen molar-refractivity contribution in [3.8, 4) is 11.8 Å². The van der Waals surface area contributed by atoms with Crippen LogP contribution in [-0.2, 0) is 4.84 Å². The molecule has 2 aromatic carbocycles. The summed E-state index contributed by atoms with van der Waals surface area (Å²) in [5.74, 6) is 3.94. The van der Waals surface area contributed by atoms with Crippen molar-refractivity contribution < 1.29 is 18.8 Å². The lowest BCUT2D eigenvalue weighted by atomic mass is 10.1. The van der Waals surface area contributed by atoms with Crippen molar-refractivity contribution >= 4 is 11.8 Å². The molecule has 0 unspecified atom stereocenters. The molecule has 4 nitrogen and oxygen atoms in total. The Morgan fingerprint density at radius 3 is 2.32 bits per heavy atom. The van der Waals surface area contributed by atoms with Gasteiger partial charge in [-0.1, -0.05) is 30.0 Å². The number of hydroxylamine groups is 2. The van der Waals surface area contributed by atoms with E-state index in [4.69, 9.17) is 4.84 Å². The Morgan fingerprint density at radius 1 is 1.00 bits per heavy atom. The van der Waals surface area contributed by atoms with E-state index < -0.39 is 11.8 Å². The fourth-order valence-electron chi connectivity index (χ4n) is 2.09. The maximum absolute atomic E-state index is 13.0. The molecule has 0 radical (unpaired) electrons.